The highest BCUT2D eigenvalue weighted by Gasteiger charge is 2.62. The molecule has 0 aromatic carbocycles. The van der Waals surface area contributed by atoms with Gasteiger partial charge < -0.3 is 4.90 Å². The molecule has 2 unspecified atom stereocenters. The van der Waals surface area contributed by atoms with Crippen LogP contribution in [0.4, 0.5) is 0 Å². The van der Waals surface area contributed by atoms with Gasteiger partial charge in [-0.05, 0) is 79.1 Å². The Morgan fingerprint density at radius 1 is 1.22 bits per heavy atom. The maximum atomic E-state index is 12.3. The third-order valence-corrected chi connectivity index (χ3v) is 10.0. The number of carbonyl (C=O) groups excluding carboxylic acids is 1. The second kappa shape index (κ2) is 6.63. The molecule has 0 aromatic heterocycles. The summed E-state index contributed by atoms with van der Waals surface area (Å²) in [6.07, 6.45) is 13.8. The first-order valence-corrected chi connectivity index (χ1v) is 11.7. The highest BCUT2D eigenvalue weighted by atomic mass is 16.2. The van der Waals surface area contributed by atoms with Crippen LogP contribution in [0.25, 0.3) is 0 Å². The molecule has 27 heavy (non-hydrogen) atoms. The van der Waals surface area contributed by atoms with Crippen LogP contribution in [0.2, 0.25) is 0 Å². The van der Waals surface area contributed by atoms with E-state index in [0.717, 1.165) is 35.5 Å². The molecule has 9 atom stereocenters. The van der Waals surface area contributed by atoms with E-state index in [1.165, 1.54) is 44.9 Å². The van der Waals surface area contributed by atoms with Crippen LogP contribution in [-0.2, 0) is 4.79 Å². The monoisotopic (exact) mass is 371 g/mol. The molecule has 3 saturated carbocycles. The Kier molecular flexibility index (Phi) is 4.79. The molecule has 0 bridgehead atoms. The van der Waals surface area contributed by atoms with E-state index in [9.17, 15) is 4.79 Å². The fourth-order valence-electron chi connectivity index (χ4n) is 8.69. The van der Waals surface area contributed by atoms with Gasteiger partial charge in [-0.3, -0.25) is 4.79 Å². The predicted octanol–water partition coefficient (Wildman–Crippen LogP) is 5.92. The van der Waals surface area contributed by atoms with Gasteiger partial charge in [0.25, 0.3) is 0 Å². The highest BCUT2D eigenvalue weighted by molar-refractivity contribution is 5.89. The van der Waals surface area contributed by atoms with Crippen LogP contribution >= 0.6 is 0 Å². The molecule has 1 heterocycles. The van der Waals surface area contributed by atoms with E-state index < -0.39 is 0 Å². The molecule has 4 rings (SSSR count). The molecule has 1 amide bonds. The van der Waals surface area contributed by atoms with Gasteiger partial charge in [0.2, 0.25) is 5.91 Å². The fourth-order valence-corrected chi connectivity index (χ4v) is 8.69. The standard InChI is InChI=1S/C25H41NO/c1-7-8-16(2)18-9-10-19-23-17(3)15-21-25(5,14-12-22(27)26(21)6)20(23)11-13-24(18,19)4/h12,14,16-21,23H,7-11,13,15H2,1-6H3/t16?,17?,18-,19+,20+,21-,23+,24-,25-/m1/s1. The Morgan fingerprint density at radius 3 is 2.67 bits per heavy atom. The topological polar surface area (TPSA) is 20.3 Å². The van der Waals surface area contributed by atoms with Crippen LogP contribution in [-0.4, -0.2) is 23.9 Å². The average Bonchev–Trinajstić information content (AvgIpc) is 2.98. The maximum absolute atomic E-state index is 12.3. The van der Waals surface area contributed by atoms with Gasteiger partial charge in [0.05, 0.1) is 0 Å². The third-order valence-electron chi connectivity index (χ3n) is 10.0. The minimum atomic E-state index is 0.175. The van der Waals surface area contributed by atoms with Crippen molar-refractivity contribution in [2.24, 2.45) is 46.3 Å². The van der Waals surface area contributed by atoms with Gasteiger partial charge in [-0.15, -0.1) is 0 Å². The van der Waals surface area contributed by atoms with Crippen molar-refractivity contribution in [1.82, 2.24) is 4.90 Å². The molecule has 2 heteroatoms. The minimum Gasteiger partial charge on any atom is -0.338 e. The van der Waals surface area contributed by atoms with Crippen molar-refractivity contribution < 1.29 is 4.79 Å². The van der Waals surface area contributed by atoms with Crippen molar-refractivity contribution >= 4 is 5.91 Å². The van der Waals surface area contributed by atoms with E-state index in [4.69, 9.17) is 0 Å². The first kappa shape index (κ1) is 19.5. The SMILES string of the molecule is CCCC(C)[C@H]1CC[C@H]2[C@@H]3C(C)C[C@H]4N(C)C(=O)C=C[C@]4(C)[C@H]3CC[C@]12C. The van der Waals surface area contributed by atoms with Crippen LogP contribution in [0.1, 0.15) is 79.6 Å². The molecule has 3 fully saturated rings. The summed E-state index contributed by atoms with van der Waals surface area (Å²) in [7, 11) is 2.03. The Bertz CT molecular complexity index is 626. The third kappa shape index (κ3) is 2.68. The summed E-state index contributed by atoms with van der Waals surface area (Å²) in [5, 5.41) is 0. The minimum absolute atomic E-state index is 0.175. The van der Waals surface area contributed by atoms with Gasteiger partial charge in [0.1, 0.15) is 0 Å². The first-order valence-electron chi connectivity index (χ1n) is 11.7. The van der Waals surface area contributed by atoms with Gasteiger partial charge >= 0.3 is 0 Å². The molecular formula is C25H41NO. The van der Waals surface area contributed by atoms with Crippen LogP contribution in [0.3, 0.4) is 0 Å². The van der Waals surface area contributed by atoms with E-state index in [1.807, 2.05) is 13.1 Å². The molecule has 0 saturated heterocycles. The summed E-state index contributed by atoms with van der Waals surface area (Å²) in [5.74, 6) is 5.23. The highest BCUT2D eigenvalue weighted by Crippen LogP contribution is 2.67. The Hall–Kier alpha value is -0.790. The van der Waals surface area contributed by atoms with E-state index in [0.29, 0.717) is 11.5 Å². The Morgan fingerprint density at radius 2 is 1.96 bits per heavy atom. The molecule has 4 aliphatic rings. The summed E-state index contributed by atoms with van der Waals surface area (Å²) in [6.45, 7) is 12.5. The van der Waals surface area contributed by atoms with Gasteiger partial charge in [0.15, 0.2) is 0 Å². The van der Waals surface area contributed by atoms with Crippen molar-refractivity contribution in [3.05, 3.63) is 12.2 Å². The molecule has 0 radical (unpaired) electrons. The fraction of sp³-hybridized carbons (Fsp3) is 0.880. The lowest BCUT2D eigenvalue weighted by Crippen LogP contribution is -2.61. The van der Waals surface area contributed by atoms with Crippen LogP contribution in [0.15, 0.2) is 12.2 Å². The zero-order valence-electron chi connectivity index (χ0n) is 18.5. The Balaban J connectivity index is 1.66. The molecule has 152 valence electrons. The first-order chi connectivity index (χ1) is 12.7. The largest absolute Gasteiger partial charge is 0.338 e. The summed E-state index contributed by atoms with van der Waals surface area (Å²) in [5.41, 5.74) is 0.724. The van der Waals surface area contributed by atoms with E-state index in [-0.39, 0.29) is 11.3 Å². The second-order valence-corrected chi connectivity index (χ2v) is 11.2. The number of amides is 1. The summed E-state index contributed by atoms with van der Waals surface area (Å²) in [6, 6.07) is 0.395. The van der Waals surface area contributed by atoms with E-state index in [2.05, 4.69) is 45.6 Å². The van der Waals surface area contributed by atoms with Gasteiger partial charge in [-0.25, -0.2) is 0 Å². The van der Waals surface area contributed by atoms with Gasteiger partial charge in [-0.1, -0.05) is 53.5 Å². The maximum Gasteiger partial charge on any atom is 0.246 e. The zero-order chi connectivity index (χ0) is 19.6. The molecule has 1 aliphatic heterocycles. The summed E-state index contributed by atoms with van der Waals surface area (Å²) in [4.78, 5) is 14.4. The molecular weight excluding hydrogens is 330 g/mol. The molecule has 0 aromatic rings. The number of likely N-dealkylation sites (N-methyl/N-ethyl adjacent to an activating group) is 1. The second-order valence-electron chi connectivity index (χ2n) is 11.2. The van der Waals surface area contributed by atoms with E-state index in [1.54, 1.807) is 0 Å². The molecule has 3 aliphatic carbocycles. The van der Waals surface area contributed by atoms with Crippen molar-refractivity contribution in [1.29, 1.82) is 0 Å². The van der Waals surface area contributed by atoms with Gasteiger partial charge in [-0.2, -0.15) is 0 Å². The van der Waals surface area contributed by atoms with Crippen LogP contribution < -0.4 is 0 Å². The smallest absolute Gasteiger partial charge is 0.246 e. The average molecular weight is 372 g/mol. The number of nitrogens with zero attached hydrogens (tertiary/aromatic N) is 1. The van der Waals surface area contributed by atoms with Crippen molar-refractivity contribution in [2.75, 3.05) is 7.05 Å². The van der Waals surface area contributed by atoms with Crippen molar-refractivity contribution in [2.45, 2.75) is 85.6 Å². The lowest BCUT2D eigenvalue weighted by Gasteiger charge is -2.62. The van der Waals surface area contributed by atoms with Crippen molar-refractivity contribution in [3.63, 3.8) is 0 Å². The lowest BCUT2D eigenvalue weighted by atomic mass is 9.45. The molecule has 0 N–H and O–H groups in total. The predicted molar refractivity (Wildman–Crippen MR) is 112 cm³/mol. The summed E-state index contributed by atoms with van der Waals surface area (Å²) < 4.78 is 0. The van der Waals surface area contributed by atoms with E-state index >= 15 is 0 Å². The van der Waals surface area contributed by atoms with Gasteiger partial charge in [0, 0.05) is 18.5 Å². The zero-order valence-corrected chi connectivity index (χ0v) is 18.5. The number of fused-ring (bicyclic) bond motifs is 5. The number of hydrogen-bond acceptors (Lipinski definition) is 1. The summed E-state index contributed by atoms with van der Waals surface area (Å²) >= 11 is 0. The van der Waals surface area contributed by atoms with Crippen LogP contribution in [0, 0.1) is 46.3 Å². The van der Waals surface area contributed by atoms with Crippen LogP contribution in [0.5, 0.6) is 0 Å². The number of carbonyl (C=O) groups is 1. The Labute approximate surface area is 167 Å². The number of rotatable bonds is 3. The molecule has 0 spiro atoms. The lowest BCUT2D eigenvalue weighted by molar-refractivity contribution is -0.145. The van der Waals surface area contributed by atoms with Crippen molar-refractivity contribution in [3.8, 4) is 0 Å². The molecule has 2 nitrogen and oxygen atoms in total. The normalized spacial score (nSPS) is 50.1. The number of hydrogen-bond donors (Lipinski definition) is 0. The quantitative estimate of drug-likeness (QED) is 0.602.